The molecule has 5 heteroatoms. The van der Waals surface area contributed by atoms with Gasteiger partial charge in [0.15, 0.2) is 5.82 Å². The molecule has 98 valence electrons. The molecule has 0 unspecified atom stereocenters. The van der Waals surface area contributed by atoms with Gasteiger partial charge in [-0.1, -0.05) is 0 Å². The van der Waals surface area contributed by atoms with Crippen molar-refractivity contribution >= 4 is 5.82 Å². The maximum absolute atomic E-state index is 8.94. The summed E-state index contributed by atoms with van der Waals surface area (Å²) in [5.74, 6) is 0.562. The monoisotopic (exact) mass is 247 g/mol. The Bertz CT molecular complexity index is 400. The zero-order chi connectivity index (χ0) is 13.5. The van der Waals surface area contributed by atoms with Gasteiger partial charge in [-0.05, 0) is 33.8 Å². The molecule has 1 aromatic rings. The van der Waals surface area contributed by atoms with E-state index in [0.29, 0.717) is 23.5 Å². The van der Waals surface area contributed by atoms with Crippen LogP contribution in [-0.2, 0) is 0 Å². The molecular weight excluding hydrogens is 226 g/mol. The van der Waals surface area contributed by atoms with Crippen LogP contribution in [0.1, 0.15) is 33.3 Å². The summed E-state index contributed by atoms with van der Waals surface area (Å²) in [6, 6.07) is 4.77. The summed E-state index contributed by atoms with van der Waals surface area (Å²) in [6.45, 7) is 10.4. The summed E-state index contributed by atoms with van der Waals surface area (Å²) in [5, 5.41) is 19.8. The van der Waals surface area contributed by atoms with Crippen LogP contribution in [0.3, 0.4) is 0 Å². The molecule has 0 saturated carbocycles. The van der Waals surface area contributed by atoms with Crippen LogP contribution in [0.25, 0.3) is 0 Å². The highest BCUT2D eigenvalue weighted by Gasteiger charge is 2.12. The maximum atomic E-state index is 8.94. The fraction of sp³-hybridized carbons (Fsp3) is 0.615. The lowest BCUT2D eigenvalue weighted by atomic mass is 10.2. The number of nitrogens with one attached hydrogen (secondary N) is 1. The van der Waals surface area contributed by atoms with Gasteiger partial charge in [0.1, 0.15) is 6.07 Å². The van der Waals surface area contributed by atoms with Gasteiger partial charge in [0.25, 0.3) is 0 Å². The number of hydrogen-bond donors (Lipinski definition) is 1. The van der Waals surface area contributed by atoms with Crippen LogP contribution >= 0.6 is 0 Å². The van der Waals surface area contributed by atoms with Crippen molar-refractivity contribution in [3.63, 3.8) is 0 Å². The SMILES string of the molecule is CC(C)N(CCNc1nnccc1C#N)C(C)C. The topological polar surface area (TPSA) is 64.8 Å². The van der Waals surface area contributed by atoms with E-state index in [4.69, 9.17) is 5.26 Å². The van der Waals surface area contributed by atoms with E-state index in [9.17, 15) is 0 Å². The van der Waals surface area contributed by atoms with Crippen LogP contribution < -0.4 is 5.32 Å². The van der Waals surface area contributed by atoms with E-state index < -0.39 is 0 Å². The molecule has 0 aliphatic rings. The average Bonchev–Trinajstić information content (AvgIpc) is 2.34. The van der Waals surface area contributed by atoms with Crippen LogP contribution in [0, 0.1) is 11.3 Å². The zero-order valence-corrected chi connectivity index (χ0v) is 11.5. The third-order valence-electron chi connectivity index (χ3n) is 2.83. The Morgan fingerprint density at radius 2 is 2.00 bits per heavy atom. The van der Waals surface area contributed by atoms with E-state index in [1.807, 2.05) is 0 Å². The predicted molar refractivity (Wildman–Crippen MR) is 72.2 cm³/mol. The molecule has 0 aliphatic heterocycles. The first-order chi connectivity index (χ1) is 8.56. The smallest absolute Gasteiger partial charge is 0.166 e. The van der Waals surface area contributed by atoms with E-state index in [-0.39, 0.29) is 0 Å². The molecule has 1 N–H and O–H groups in total. The third kappa shape index (κ3) is 3.97. The second kappa shape index (κ2) is 6.92. The summed E-state index contributed by atoms with van der Waals surface area (Å²) >= 11 is 0. The predicted octanol–water partition coefficient (Wildman–Crippen LogP) is 1.88. The molecule has 0 spiro atoms. The highest BCUT2D eigenvalue weighted by Crippen LogP contribution is 2.09. The molecule has 1 heterocycles. The third-order valence-corrected chi connectivity index (χ3v) is 2.83. The van der Waals surface area contributed by atoms with Gasteiger partial charge in [0, 0.05) is 25.2 Å². The molecule has 0 radical (unpaired) electrons. The van der Waals surface area contributed by atoms with Gasteiger partial charge in [0.05, 0.1) is 11.8 Å². The summed E-state index contributed by atoms with van der Waals surface area (Å²) in [5.41, 5.74) is 0.533. The quantitative estimate of drug-likeness (QED) is 0.831. The van der Waals surface area contributed by atoms with Crippen LogP contribution in [-0.4, -0.2) is 40.3 Å². The van der Waals surface area contributed by atoms with Gasteiger partial charge >= 0.3 is 0 Å². The van der Waals surface area contributed by atoms with Crippen LogP contribution in [0.15, 0.2) is 12.3 Å². The second-order valence-corrected chi connectivity index (χ2v) is 4.76. The van der Waals surface area contributed by atoms with Crippen molar-refractivity contribution in [2.24, 2.45) is 0 Å². The Balaban J connectivity index is 2.53. The lowest BCUT2D eigenvalue weighted by Crippen LogP contribution is -2.40. The van der Waals surface area contributed by atoms with Crippen molar-refractivity contribution in [1.82, 2.24) is 15.1 Å². The standard InChI is InChI=1S/C13H21N5/c1-10(2)18(11(3)4)8-7-15-13-12(9-14)5-6-16-17-13/h5-6,10-11H,7-8H2,1-4H3,(H,15,17). The van der Waals surface area contributed by atoms with E-state index in [1.165, 1.54) is 6.20 Å². The molecule has 0 saturated heterocycles. The summed E-state index contributed by atoms with van der Waals surface area (Å²) in [4.78, 5) is 2.38. The molecule has 0 aromatic carbocycles. The van der Waals surface area contributed by atoms with Crippen molar-refractivity contribution in [3.05, 3.63) is 17.8 Å². The minimum atomic E-state index is 0.504. The molecule has 0 bridgehead atoms. The van der Waals surface area contributed by atoms with E-state index in [0.717, 1.165) is 13.1 Å². The lowest BCUT2D eigenvalue weighted by Gasteiger charge is -2.30. The van der Waals surface area contributed by atoms with Crippen molar-refractivity contribution in [2.75, 3.05) is 18.4 Å². The van der Waals surface area contributed by atoms with E-state index in [1.54, 1.807) is 6.07 Å². The molecular formula is C13H21N5. The number of nitrogens with zero attached hydrogens (tertiary/aromatic N) is 4. The van der Waals surface area contributed by atoms with Gasteiger partial charge in [-0.15, -0.1) is 5.10 Å². The number of hydrogen-bond acceptors (Lipinski definition) is 5. The number of rotatable bonds is 6. The Labute approximate surface area is 109 Å². The van der Waals surface area contributed by atoms with Gasteiger partial charge in [-0.2, -0.15) is 10.4 Å². The first kappa shape index (κ1) is 14.4. The molecule has 0 amide bonds. The Morgan fingerprint density at radius 3 is 2.56 bits per heavy atom. The van der Waals surface area contributed by atoms with Crippen LogP contribution in [0.5, 0.6) is 0 Å². The number of anilines is 1. The first-order valence-corrected chi connectivity index (χ1v) is 6.27. The summed E-state index contributed by atoms with van der Waals surface area (Å²) in [6.07, 6.45) is 1.53. The minimum absolute atomic E-state index is 0.504. The Hall–Kier alpha value is -1.67. The molecule has 18 heavy (non-hydrogen) atoms. The second-order valence-electron chi connectivity index (χ2n) is 4.76. The number of nitriles is 1. The largest absolute Gasteiger partial charge is 0.366 e. The van der Waals surface area contributed by atoms with E-state index in [2.05, 4.69) is 54.2 Å². The molecule has 1 rings (SSSR count). The first-order valence-electron chi connectivity index (χ1n) is 6.27. The van der Waals surface area contributed by atoms with Gasteiger partial charge < -0.3 is 5.32 Å². The van der Waals surface area contributed by atoms with Gasteiger partial charge in [0.2, 0.25) is 0 Å². The van der Waals surface area contributed by atoms with Crippen molar-refractivity contribution < 1.29 is 0 Å². The van der Waals surface area contributed by atoms with Crippen LogP contribution in [0.2, 0.25) is 0 Å². The fourth-order valence-corrected chi connectivity index (χ4v) is 1.97. The summed E-state index contributed by atoms with van der Waals surface area (Å²) < 4.78 is 0. The van der Waals surface area contributed by atoms with E-state index >= 15 is 0 Å². The fourth-order valence-electron chi connectivity index (χ4n) is 1.97. The van der Waals surface area contributed by atoms with Crippen molar-refractivity contribution in [1.29, 1.82) is 5.26 Å². The lowest BCUT2D eigenvalue weighted by molar-refractivity contribution is 0.182. The molecule has 0 aliphatic carbocycles. The highest BCUT2D eigenvalue weighted by molar-refractivity contribution is 5.49. The molecule has 5 nitrogen and oxygen atoms in total. The van der Waals surface area contributed by atoms with Crippen molar-refractivity contribution in [2.45, 2.75) is 39.8 Å². The Kier molecular flexibility index (Phi) is 5.53. The molecule has 1 aromatic heterocycles. The van der Waals surface area contributed by atoms with Gasteiger partial charge in [-0.3, -0.25) is 4.90 Å². The normalized spacial score (nSPS) is 11.0. The minimum Gasteiger partial charge on any atom is -0.366 e. The maximum Gasteiger partial charge on any atom is 0.166 e. The highest BCUT2D eigenvalue weighted by atomic mass is 15.2. The van der Waals surface area contributed by atoms with Gasteiger partial charge in [-0.25, -0.2) is 0 Å². The van der Waals surface area contributed by atoms with Crippen molar-refractivity contribution in [3.8, 4) is 6.07 Å². The Morgan fingerprint density at radius 1 is 1.33 bits per heavy atom. The van der Waals surface area contributed by atoms with Crippen LogP contribution in [0.4, 0.5) is 5.82 Å². The average molecular weight is 247 g/mol. The number of aromatic nitrogens is 2. The molecule has 0 fully saturated rings. The zero-order valence-electron chi connectivity index (χ0n) is 11.5. The summed E-state index contributed by atoms with van der Waals surface area (Å²) in [7, 11) is 0. The molecule has 0 atom stereocenters.